The van der Waals surface area contributed by atoms with E-state index in [9.17, 15) is 4.79 Å². The predicted octanol–water partition coefficient (Wildman–Crippen LogP) is 2.71. The number of hydrogen-bond acceptors (Lipinski definition) is 2. The molecule has 20 heavy (non-hydrogen) atoms. The summed E-state index contributed by atoms with van der Waals surface area (Å²) in [5, 5.41) is 0. The summed E-state index contributed by atoms with van der Waals surface area (Å²) < 4.78 is 0. The normalized spacial score (nSPS) is 31.9. The van der Waals surface area contributed by atoms with Crippen molar-refractivity contribution in [2.45, 2.75) is 70.9 Å². The van der Waals surface area contributed by atoms with Crippen molar-refractivity contribution in [2.24, 2.45) is 29.2 Å². The summed E-state index contributed by atoms with van der Waals surface area (Å²) in [4.78, 5) is 13.8. The van der Waals surface area contributed by atoms with Gasteiger partial charge in [0.1, 0.15) is 0 Å². The van der Waals surface area contributed by atoms with Crippen LogP contribution >= 0.6 is 0 Å². The third-order valence-electron chi connectivity index (χ3n) is 5.66. The second-order valence-electron chi connectivity index (χ2n) is 6.94. The number of hydrogen-bond donors (Lipinski definition) is 2. The number of rotatable bonds is 3. The summed E-state index contributed by atoms with van der Waals surface area (Å²) in [6, 6.07) is 0.267. The van der Waals surface area contributed by atoms with E-state index in [0.29, 0.717) is 23.8 Å². The standard InChI is InChI=1S/C16H31N3O/c1-11(12(2)17)14-9-6-10-19(16(18)20)15(14)13-7-4-3-5-8-13/h11-15H,3-10,17H2,1-2H3,(H2,18,20). The van der Waals surface area contributed by atoms with Gasteiger partial charge >= 0.3 is 6.03 Å². The zero-order valence-corrected chi connectivity index (χ0v) is 13.1. The molecule has 4 nitrogen and oxygen atoms in total. The van der Waals surface area contributed by atoms with Crippen LogP contribution in [-0.4, -0.2) is 29.6 Å². The first-order valence-corrected chi connectivity index (χ1v) is 8.34. The zero-order valence-electron chi connectivity index (χ0n) is 13.1. The van der Waals surface area contributed by atoms with Gasteiger partial charge in [-0.15, -0.1) is 0 Å². The van der Waals surface area contributed by atoms with Crippen LogP contribution in [0.4, 0.5) is 4.79 Å². The highest BCUT2D eigenvalue weighted by atomic mass is 16.2. The molecule has 116 valence electrons. The van der Waals surface area contributed by atoms with Crippen molar-refractivity contribution < 1.29 is 4.79 Å². The molecule has 0 aromatic carbocycles. The number of nitrogens with zero attached hydrogens (tertiary/aromatic N) is 1. The zero-order chi connectivity index (χ0) is 14.7. The van der Waals surface area contributed by atoms with Crippen molar-refractivity contribution in [3.8, 4) is 0 Å². The van der Waals surface area contributed by atoms with Gasteiger partial charge in [-0.1, -0.05) is 26.2 Å². The monoisotopic (exact) mass is 281 g/mol. The van der Waals surface area contributed by atoms with Crippen molar-refractivity contribution in [2.75, 3.05) is 6.54 Å². The highest BCUT2D eigenvalue weighted by molar-refractivity contribution is 5.72. The molecule has 0 aromatic rings. The second kappa shape index (κ2) is 6.79. The molecule has 2 rings (SSSR count). The number of likely N-dealkylation sites (tertiary alicyclic amines) is 1. The number of piperidine rings is 1. The minimum absolute atomic E-state index is 0.180. The molecule has 0 spiro atoms. The fraction of sp³-hybridized carbons (Fsp3) is 0.938. The first-order chi connectivity index (χ1) is 9.52. The molecule has 4 heteroatoms. The van der Waals surface area contributed by atoms with Gasteiger partial charge in [-0.3, -0.25) is 0 Å². The Morgan fingerprint density at radius 2 is 1.75 bits per heavy atom. The first-order valence-electron chi connectivity index (χ1n) is 8.34. The lowest BCUT2D eigenvalue weighted by atomic mass is 9.69. The van der Waals surface area contributed by atoms with Crippen LogP contribution in [0.5, 0.6) is 0 Å². The van der Waals surface area contributed by atoms with E-state index in [0.717, 1.165) is 13.0 Å². The number of primary amides is 1. The van der Waals surface area contributed by atoms with Crippen molar-refractivity contribution in [1.29, 1.82) is 0 Å². The smallest absolute Gasteiger partial charge is 0.315 e. The van der Waals surface area contributed by atoms with E-state index in [-0.39, 0.29) is 12.1 Å². The summed E-state index contributed by atoms with van der Waals surface area (Å²) in [5.74, 6) is 1.59. The van der Waals surface area contributed by atoms with Gasteiger partial charge in [0.05, 0.1) is 0 Å². The van der Waals surface area contributed by atoms with Gasteiger partial charge in [-0.25, -0.2) is 4.79 Å². The van der Waals surface area contributed by atoms with Gasteiger partial charge in [-0.05, 0) is 50.4 Å². The fourth-order valence-electron chi connectivity index (χ4n) is 4.35. The third kappa shape index (κ3) is 3.27. The van der Waals surface area contributed by atoms with Crippen LogP contribution in [0.25, 0.3) is 0 Å². The van der Waals surface area contributed by atoms with E-state index in [4.69, 9.17) is 11.5 Å². The molecule has 1 aliphatic carbocycles. The Labute approximate surface area is 123 Å². The molecule has 2 aliphatic rings. The lowest BCUT2D eigenvalue weighted by Gasteiger charge is -2.48. The summed E-state index contributed by atoms with van der Waals surface area (Å²) in [6.07, 6.45) is 8.68. The molecule has 2 amide bonds. The van der Waals surface area contributed by atoms with Gasteiger partial charge in [-0.2, -0.15) is 0 Å². The molecule has 1 saturated carbocycles. The molecule has 4 unspecified atom stereocenters. The Morgan fingerprint density at radius 1 is 1.10 bits per heavy atom. The van der Waals surface area contributed by atoms with E-state index in [2.05, 4.69) is 13.8 Å². The molecule has 0 radical (unpaired) electrons. The molecule has 0 aromatic heterocycles. The maximum atomic E-state index is 11.9. The molecule has 4 atom stereocenters. The predicted molar refractivity (Wildman–Crippen MR) is 82.2 cm³/mol. The van der Waals surface area contributed by atoms with Crippen molar-refractivity contribution in [3.05, 3.63) is 0 Å². The SMILES string of the molecule is CC(N)C(C)C1CCCN(C(N)=O)C1C1CCCCC1. The van der Waals surface area contributed by atoms with E-state index in [1.165, 1.54) is 38.5 Å². The molecule has 2 fully saturated rings. The van der Waals surface area contributed by atoms with Crippen LogP contribution in [0.2, 0.25) is 0 Å². The van der Waals surface area contributed by atoms with Crippen molar-refractivity contribution >= 4 is 6.03 Å². The second-order valence-corrected chi connectivity index (χ2v) is 6.94. The van der Waals surface area contributed by atoms with Crippen LogP contribution in [0, 0.1) is 17.8 Å². The minimum atomic E-state index is -0.234. The topological polar surface area (TPSA) is 72.3 Å². The number of amides is 2. The lowest BCUT2D eigenvalue weighted by molar-refractivity contribution is 0.0352. The molecule has 1 heterocycles. The molecule has 4 N–H and O–H groups in total. The third-order valence-corrected chi connectivity index (χ3v) is 5.66. The van der Waals surface area contributed by atoms with Gasteiger partial charge in [0, 0.05) is 18.6 Å². The average Bonchev–Trinajstić information content (AvgIpc) is 2.46. The van der Waals surface area contributed by atoms with Crippen LogP contribution in [0.3, 0.4) is 0 Å². The Hall–Kier alpha value is -0.770. The van der Waals surface area contributed by atoms with E-state index < -0.39 is 0 Å². The minimum Gasteiger partial charge on any atom is -0.351 e. The molecular weight excluding hydrogens is 250 g/mol. The highest BCUT2D eigenvalue weighted by Gasteiger charge is 2.41. The summed E-state index contributed by atoms with van der Waals surface area (Å²) in [5.41, 5.74) is 11.8. The Morgan fingerprint density at radius 3 is 2.30 bits per heavy atom. The van der Waals surface area contributed by atoms with E-state index >= 15 is 0 Å². The highest BCUT2D eigenvalue weighted by Crippen LogP contribution is 2.40. The Balaban J connectivity index is 2.20. The molecular formula is C16H31N3O. The van der Waals surface area contributed by atoms with Crippen LogP contribution in [0.15, 0.2) is 0 Å². The number of carbonyl (C=O) groups is 1. The molecule has 1 aliphatic heterocycles. The Kier molecular flexibility index (Phi) is 5.30. The van der Waals surface area contributed by atoms with Crippen molar-refractivity contribution in [3.63, 3.8) is 0 Å². The number of urea groups is 1. The quantitative estimate of drug-likeness (QED) is 0.835. The van der Waals surface area contributed by atoms with Gasteiger partial charge in [0.25, 0.3) is 0 Å². The lowest BCUT2D eigenvalue weighted by Crippen LogP contribution is -2.56. The van der Waals surface area contributed by atoms with Crippen LogP contribution in [-0.2, 0) is 0 Å². The maximum absolute atomic E-state index is 11.9. The molecule has 1 saturated heterocycles. The number of carbonyl (C=O) groups excluding carboxylic acids is 1. The first kappa shape index (κ1) is 15.6. The Bertz CT molecular complexity index is 326. The van der Waals surface area contributed by atoms with E-state index in [1.54, 1.807) is 0 Å². The van der Waals surface area contributed by atoms with Gasteiger partial charge in [0.15, 0.2) is 0 Å². The average molecular weight is 281 g/mol. The summed E-state index contributed by atoms with van der Waals surface area (Å²) in [7, 11) is 0. The van der Waals surface area contributed by atoms with Crippen molar-refractivity contribution in [1.82, 2.24) is 4.90 Å². The van der Waals surface area contributed by atoms with E-state index in [1.807, 2.05) is 4.90 Å². The molecule has 0 bridgehead atoms. The van der Waals surface area contributed by atoms with Crippen LogP contribution in [0.1, 0.15) is 58.8 Å². The summed E-state index contributed by atoms with van der Waals surface area (Å²) in [6.45, 7) is 5.17. The maximum Gasteiger partial charge on any atom is 0.315 e. The fourth-order valence-corrected chi connectivity index (χ4v) is 4.35. The van der Waals surface area contributed by atoms with Gasteiger partial charge < -0.3 is 16.4 Å². The summed E-state index contributed by atoms with van der Waals surface area (Å²) >= 11 is 0. The number of nitrogens with two attached hydrogens (primary N) is 2. The van der Waals surface area contributed by atoms with Gasteiger partial charge in [0.2, 0.25) is 0 Å². The van der Waals surface area contributed by atoms with Crippen LogP contribution < -0.4 is 11.5 Å². The largest absolute Gasteiger partial charge is 0.351 e.